The third-order valence-electron chi connectivity index (χ3n) is 7.26. The number of carbonyl (C=O) groups excluding carboxylic acids is 1. The van der Waals surface area contributed by atoms with Gasteiger partial charge in [-0.3, -0.25) is 4.79 Å². The van der Waals surface area contributed by atoms with Gasteiger partial charge in [0, 0.05) is 11.8 Å². The van der Waals surface area contributed by atoms with Crippen molar-refractivity contribution in [1.29, 1.82) is 0 Å². The molecule has 6 rings (SSSR count). The number of nitrogens with one attached hydrogen (secondary N) is 1. The minimum atomic E-state index is -4.46. The fourth-order valence-corrected chi connectivity index (χ4v) is 5.56. The molecule has 0 spiro atoms. The van der Waals surface area contributed by atoms with Crippen molar-refractivity contribution < 1.29 is 18.0 Å². The smallest absolute Gasteiger partial charge is 0.356 e. The highest BCUT2D eigenvalue weighted by Gasteiger charge is 2.49. The first kappa shape index (κ1) is 25.4. The molecule has 0 amide bonds. The summed E-state index contributed by atoms with van der Waals surface area (Å²) in [5.41, 5.74) is 2.54. The number of nitrogens with zero attached hydrogens (tertiary/aromatic N) is 2. The highest BCUT2D eigenvalue weighted by atomic mass is 19.4. The van der Waals surface area contributed by atoms with Crippen LogP contribution in [0.2, 0.25) is 0 Å². The molecule has 4 nitrogen and oxygen atoms in total. The highest BCUT2D eigenvalue weighted by Crippen LogP contribution is 2.50. The quantitative estimate of drug-likeness (QED) is 0.181. The number of anilines is 2. The van der Waals surface area contributed by atoms with Crippen LogP contribution in [0.4, 0.5) is 24.7 Å². The molecule has 0 saturated heterocycles. The number of fused-ring (bicyclic) bond motifs is 1. The van der Waals surface area contributed by atoms with Crippen LogP contribution in [-0.2, 0) is 16.5 Å². The van der Waals surface area contributed by atoms with Crippen molar-refractivity contribution in [2.24, 2.45) is 0 Å². The van der Waals surface area contributed by atoms with Crippen molar-refractivity contribution in [2.75, 3.05) is 10.2 Å². The van der Waals surface area contributed by atoms with Crippen LogP contribution in [0.3, 0.4) is 0 Å². The van der Waals surface area contributed by atoms with E-state index in [4.69, 9.17) is 4.98 Å². The molecule has 1 aliphatic heterocycles. The number of benzene rings is 4. The van der Waals surface area contributed by atoms with Crippen LogP contribution < -0.4 is 10.2 Å². The third kappa shape index (κ3) is 4.20. The highest BCUT2D eigenvalue weighted by molar-refractivity contribution is 5.87. The van der Waals surface area contributed by atoms with Gasteiger partial charge in [-0.25, -0.2) is 4.98 Å². The predicted molar refractivity (Wildman–Crippen MR) is 150 cm³/mol. The molecule has 2 heterocycles. The first-order valence-corrected chi connectivity index (χ1v) is 12.8. The fraction of sp³-hybridized carbons (Fsp3) is 0.0909. The summed E-state index contributed by atoms with van der Waals surface area (Å²) in [5.74, 6) is 0.518. The summed E-state index contributed by atoms with van der Waals surface area (Å²) in [5, 5.41) is 3.28. The van der Waals surface area contributed by atoms with Crippen molar-refractivity contribution in [3.8, 4) is 11.1 Å². The summed E-state index contributed by atoms with van der Waals surface area (Å²) < 4.78 is 40.2. The van der Waals surface area contributed by atoms with Crippen LogP contribution in [0.15, 0.2) is 128 Å². The van der Waals surface area contributed by atoms with E-state index in [1.54, 1.807) is 18.3 Å². The number of carbonyl (C=O) groups is 1. The number of pyridine rings is 1. The van der Waals surface area contributed by atoms with Crippen LogP contribution in [0.1, 0.15) is 22.3 Å². The number of alkyl halides is 3. The van der Waals surface area contributed by atoms with Gasteiger partial charge >= 0.3 is 6.18 Å². The first-order valence-electron chi connectivity index (χ1n) is 12.8. The number of hydrogen-bond acceptors (Lipinski definition) is 4. The normalized spacial score (nSPS) is 14.9. The Morgan fingerprint density at radius 2 is 1.20 bits per heavy atom. The lowest BCUT2D eigenvalue weighted by Crippen LogP contribution is -2.54. The Bertz CT molecular complexity index is 1540. The van der Waals surface area contributed by atoms with Gasteiger partial charge in [0.05, 0.1) is 11.3 Å². The molecule has 0 aliphatic carbocycles. The molecule has 1 unspecified atom stereocenters. The van der Waals surface area contributed by atoms with E-state index in [1.165, 1.54) is 6.07 Å². The number of hydrogen-bond donors (Lipinski definition) is 1. The Morgan fingerprint density at radius 3 is 1.70 bits per heavy atom. The molecule has 0 bridgehead atoms. The number of aldehydes is 1. The van der Waals surface area contributed by atoms with Crippen LogP contribution in [0.5, 0.6) is 0 Å². The van der Waals surface area contributed by atoms with E-state index in [2.05, 4.69) is 5.32 Å². The van der Waals surface area contributed by atoms with Crippen molar-refractivity contribution >= 4 is 17.8 Å². The molecule has 40 heavy (non-hydrogen) atoms. The Kier molecular flexibility index (Phi) is 6.34. The van der Waals surface area contributed by atoms with E-state index in [9.17, 15) is 18.0 Å². The summed E-state index contributed by atoms with van der Waals surface area (Å²) in [4.78, 5) is 19.4. The van der Waals surface area contributed by atoms with Crippen molar-refractivity contribution in [2.45, 2.75) is 17.9 Å². The lowest BCUT2D eigenvalue weighted by atomic mass is 9.75. The minimum absolute atomic E-state index is 0.383. The maximum absolute atomic E-state index is 13.4. The molecule has 7 heteroatoms. The maximum atomic E-state index is 13.4. The summed E-state index contributed by atoms with van der Waals surface area (Å²) >= 11 is 0. The van der Waals surface area contributed by atoms with Gasteiger partial charge in [-0.2, -0.15) is 13.2 Å². The monoisotopic (exact) mass is 535 g/mol. The number of aromatic nitrogens is 1. The SMILES string of the molecule is O=CC1Nc2cc(-c3cccc(C(F)(F)F)c3)cnc2N1C(c1ccccc1)(c1ccccc1)c1ccccc1. The van der Waals surface area contributed by atoms with E-state index >= 15 is 0 Å². The molecule has 0 fully saturated rings. The second kappa shape index (κ2) is 10.0. The molecule has 1 aromatic heterocycles. The second-order valence-corrected chi connectivity index (χ2v) is 9.58. The van der Waals surface area contributed by atoms with Crippen molar-refractivity contribution in [3.63, 3.8) is 0 Å². The Balaban J connectivity index is 1.59. The standard InChI is InChI=1S/C33H24F3N3O/c34-33(35,36)28-18-10-11-23(19-28)24-20-29-31(37-21-24)39(30(22-40)38-29)32(25-12-4-1-5-13-25,26-14-6-2-7-15-26)27-16-8-3-9-17-27/h1-22,30,38H. The van der Waals surface area contributed by atoms with E-state index < -0.39 is 23.4 Å². The molecule has 198 valence electrons. The third-order valence-corrected chi connectivity index (χ3v) is 7.26. The molecular weight excluding hydrogens is 511 g/mol. The zero-order chi connectivity index (χ0) is 27.7. The lowest BCUT2D eigenvalue weighted by Gasteiger charge is -2.45. The van der Waals surface area contributed by atoms with Crippen LogP contribution in [-0.4, -0.2) is 17.4 Å². The zero-order valence-corrected chi connectivity index (χ0v) is 21.2. The largest absolute Gasteiger partial charge is 0.416 e. The van der Waals surface area contributed by atoms with Crippen LogP contribution in [0, 0.1) is 0 Å². The topological polar surface area (TPSA) is 45.2 Å². The van der Waals surface area contributed by atoms with Gasteiger partial charge in [0.1, 0.15) is 5.54 Å². The Hall–Kier alpha value is -4.91. The lowest BCUT2D eigenvalue weighted by molar-refractivity contribution is -0.137. The second-order valence-electron chi connectivity index (χ2n) is 9.58. The Morgan fingerprint density at radius 1 is 0.675 bits per heavy atom. The molecule has 0 saturated carbocycles. The Labute approximate surface area is 229 Å². The molecule has 0 radical (unpaired) electrons. The molecule has 1 atom stereocenters. The molecule has 1 aliphatic rings. The molecular formula is C33H24F3N3O. The molecule has 1 N–H and O–H groups in total. The number of halogens is 3. The van der Waals surface area contributed by atoms with Gasteiger partial charge in [0.15, 0.2) is 18.3 Å². The predicted octanol–water partition coefficient (Wildman–Crippen LogP) is 7.52. The summed E-state index contributed by atoms with van der Waals surface area (Å²) in [7, 11) is 0. The maximum Gasteiger partial charge on any atom is 0.416 e. The van der Waals surface area contributed by atoms with Crippen molar-refractivity contribution in [3.05, 3.63) is 150 Å². The van der Waals surface area contributed by atoms with Gasteiger partial charge in [-0.1, -0.05) is 103 Å². The van der Waals surface area contributed by atoms with Gasteiger partial charge in [-0.15, -0.1) is 0 Å². The first-order chi connectivity index (χ1) is 19.4. The summed E-state index contributed by atoms with van der Waals surface area (Å²) in [6, 6.07) is 36.6. The van der Waals surface area contributed by atoms with E-state index in [0.717, 1.165) is 35.1 Å². The molecule has 5 aromatic rings. The summed E-state index contributed by atoms with van der Waals surface area (Å²) in [6.45, 7) is 0. The number of rotatable bonds is 6. The van der Waals surface area contributed by atoms with Gasteiger partial charge in [-0.05, 0) is 40.5 Å². The van der Waals surface area contributed by atoms with Crippen molar-refractivity contribution in [1.82, 2.24) is 4.98 Å². The van der Waals surface area contributed by atoms with Gasteiger partial charge in [0.2, 0.25) is 0 Å². The molecule has 4 aromatic carbocycles. The van der Waals surface area contributed by atoms with Gasteiger partial charge in [0.25, 0.3) is 0 Å². The van der Waals surface area contributed by atoms with Crippen LogP contribution in [0.25, 0.3) is 11.1 Å². The van der Waals surface area contributed by atoms with E-state index in [0.29, 0.717) is 22.6 Å². The van der Waals surface area contributed by atoms with E-state index in [-0.39, 0.29) is 0 Å². The van der Waals surface area contributed by atoms with E-state index in [1.807, 2.05) is 95.9 Å². The zero-order valence-electron chi connectivity index (χ0n) is 21.2. The average Bonchev–Trinajstić information content (AvgIpc) is 3.37. The fourth-order valence-electron chi connectivity index (χ4n) is 5.56. The minimum Gasteiger partial charge on any atom is -0.356 e. The van der Waals surface area contributed by atoms with Gasteiger partial charge < -0.3 is 10.2 Å². The van der Waals surface area contributed by atoms with Crippen LogP contribution >= 0.6 is 0 Å². The average molecular weight is 536 g/mol. The summed E-state index contributed by atoms with van der Waals surface area (Å²) in [6.07, 6.45) is -2.88.